The van der Waals surface area contributed by atoms with Crippen molar-refractivity contribution < 1.29 is 22.9 Å². The molecule has 0 amide bonds. The number of nitrogens with two attached hydrogens (primary N) is 1. The second-order valence-corrected chi connectivity index (χ2v) is 11.4. The summed E-state index contributed by atoms with van der Waals surface area (Å²) in [5, 5.41) is 21.7. The number of benzene rings is 3. The van der Waals surface area contributed by atoms with E-state index in [0.29, 0.717) is 28.4 Å². The molecule has 6 rings (SSSR count). The second kappa shape index (κ2) is 10.5. The maximum Gasteiger partial charge on any atom is 0.355 e. The Bertz CT molecular complexity index is 1800. The van der Waals surface area contributed by atoms with Crippen LogP contribution in [0.15, 0.2) is 77.0 Å². The Morgan fingerprint density at radius 2 is 1.77 bits per heavy atom. The number of hydrogen-bond acceptors (Lipinski definition) is 5. The van der Waals surface area contributed by atoms with Crippen molar-refractivity contribution >= 4 is 28.3 Å². The zero-order chi connectivity index (χ0) is 28.0. The molecule has 1 saturated carbocycles. The number of carboxylic acids is 1. The van der Waals surface area contributed by atoms with Gasteiger partial charge < -0.3 is 5.11 Å². The number of aromatic carboxylic acids is 1. The summed E-state index contributed by atoms with van der Waals surface area (Å²) in [6.07, 6.45) is 2.17. The van der Waals surface area contributed by atoms with Crippen LogP contribution in [0, 0.1) is 11.6 Å². The highest BCUT2D eigenvalue weighted by Crippen LogP contribution is 2.46. The molecule has 1 aliphatic rings. The molecule has 3 N–H and O–H groups in total. The Labute approximate surface area is 234 Å². The number of hydrogen-bond donors (Lipinski definition) is 2. The molecule has 1 fully saturated rings. The van der Waals surface area contributed by atoms with Crippen molar-refractivity contribution in [1.82, 2.24) is 14.8 Å². The van der Waals surface area contributed by atoms with Crippen molar-refractivity contribution in [1.29, 1.82) is 0 Å². The van der Waals surface area contributed by atoms with Crippen LogP contribution in [-0.4, -0.2) is 30.0 Å². The van der Waals surface area contributed by atoms with Crippen molar-refractivity contribution in [2.45, 2.75) is 30.1 Å². The van der Waals surface area contributed by atoms with Gasteiger partial charge in [0.1, 0.15) is 22.6 Å². The second-order valence-electron chi connectivity index (χ2n) is 9.55. The molecule has 1 aliphatic carbocycles. The lowest BCUT2D eigenvalue weighted by atomic mass is 9.95. The Hall–Kier alpha value is -4.06. The summed E-state index contributed by atoms with van der Waals surface area (Å²) in [5.41, 5.74) is 5.24. The van der Waals surface area contributed by atoms with Crippen molar-refractivity contribution in [2.75, 3.05) is 0 Å². The highest BCUT2D eigenvalue weighted by atomic mass is 32.2. The topological polar surface area (TPSA) is 111 Å². The van der Waals surface area contributed by atoms with E-state index >= 15 is 0 Å². The predicted octanol–water partition coefficient (Wildman–Crippen LogP) is 6.09. The number of halogens is 2. The minimum atomic E-state index is -1.95. The lowest BCUT2D eigenvalue weighted by Gasteiger charge is -2.10. The Morgan fingerprint density at radius 1 is 1.05 bits per heavy atom. The molecular weight excluding hydrogens is 554 g/mol. The predicted molar refractivity (Wildman–Crippen MR) is 149 cm³/mol. The molecule has 0 radical (unpaired) electrons. The number of nitrogens with zero attached hydrogens (tertiary/aromatic N) is 3. The molecule has 0 saturated heterocycles. The number of aromatic nitrogens is 3. The number of rotatable bonds is 8. The first-order valence-electron chi connectivity index (χ1n) is 12.4. The zero-order valence-corrected chi connectivity index (χ0v) is 22.5. The molecule has 40 heavy (non-hydrogen) atoms. The van der Waals surface area contributed by atoms with Crippen molar-refractivity contribution in [3.63, 3.8) is 0 Å². The van der Waals surface area contributed by atoms with Crippen LogP contribution in [0.1, 0.15) is 46.1 Å². The summed E-state index contributed by atoms with van der Waals surface area (Å²) in [7, 11) is -1.95. The SMILES string of the molecule is NS(=O)c1ccc(Cc2c(-c3cccc(-c4cccc(F)c4)c3)nn(-c3nc(C(=O)O)cs3)c2C2CC2)cc1F. The molecule has 0 bridgehead atoms. The van der Waals surface area contributed by atoms with Gasteiger partial charge in [-0.25, -0.2) is 32.6 Å². The van der Waals surface area contributed by atoms with Gasteiger partial charge in [-0.3, -0.25) is 0 Å². The molecule has 0 aliphatic heterocycles. The van der Waals surface area contributed by atoms with E-state index in [0.717, 1.165) is 35.2 Å². The van der Waals surface area contributed by atoms with Crippen LogP contribution in [-0.2, 0) is 17.4 Å². The third-order valence-electron chi connectivity index (χ3n) is 6.77. The lowest BCUT2D eigenvalue weighted by Crippen LogP contribution is -2.06. The normalized spacial score (nSPS) is 13.9. The summed E-state index contributed by atoms with van der Waals surface area (Å²) in [5.74, 6) is -1.94. The van der Waals surface area contributed by atoms with Crippen molar-refractivity contribution in [2.24, 2.45) is 5.14 Å². The highest BCUT2D eigenvalue weighted by Gasteiger charge is 2.34. The Morgan fingerprint density at radius 3 is 2.42 bits per heavy atom. The van der Waals surface area contributed by atoms with Gasteiger partial charge in [-0.05, 0) is 59.9 Å². The molecular formula is C29H22F2N4O3S2. The molecule has 11 heteroatoms. The van der Waals surface area contributed by atoms with Crippen molar-refractivity contribution in [3.8, 4) is 27.5 Å². The van der Waals surface area contributed by atoms with Crippen LogP contribution in [0.5, 0.6) is 0 Å². The summed E-state index contributed by atoms with van der Waals surface area (Å²) in [4.78, 5) is 15.8. The van der Waals surface area contributed by atoms with E-state index in [2.05, 4.69) is 4.98 Å². The lowest BCUT2D eigenvalue weighted by molar-refractivity contribution is 0.0691. The van der Waals surface area contributed by atoms with Gasteiger partial charge in [0, 0.05) is 28.8 Å². The first-order valence-corrected chi connectivity index (χ1v) is 14.5. The van der Waals surface area contributed by atoms with Crippen LogP contribution in [0.4, 0.5) is 8.78 Å². The van der Waals surface area contributed by atoms with E-state index in [4.69, 9.17) is 10.2 Å². The monoisotopic (exact) mass is 576 g/mol. The summed E-state index contributed by atoms with van der Waals surface area (Å²) in [6.45, 7) is 0. The standard InChI is InChI=1S/C29H22F2N4O3S2/c30-21-6-2-4-19(14-21)18-3-1-5-20(13-18)26-22(11-16-7-10-25(40(32)38)23(31)12-16)27(17-8-9-17)35(34-26)29-33-24(15-39-29)28(36)37/h1-7,10,12-15,17H,8-9,11,32H2,(H,36,37). The van der Waals surface area contributed by atoms with E-state index < -0.39 is 22.8 Å². The molecule has 2 heterocycles. The molecule has 5 aromatic rings. The van der Waals surface area contributed by atoms with Gasteiger partial charge in [-0.15, -0.1) is 11.3 Å². The number of carbonyl (C=O) groups is 1. The van der Waals surface area contributed by atoms with Gasteiger partial charge in [0.2, 0.25) is 5.13 Å². The van der Waals surface area contributed by atoms with Gasteiger partial charge >= 0.3 is 5.97 Å². The summed E-state index contributed by atoms with van der Waals surface area (Å²) < 4.78 is 42.1. The largest absolute Gasteiger partial charge is 0.476 e. The smallest absolute Gasteiger partial charge is 0.355 e. The van der Waals surface area contributed by atoms with E-state index in [9.17, 15) is 22.9 Å². The van der Waals surface area contributed by atoms with Gasteiger partial charge in [0.05, 0.1) is 16.3 Å². The van der Waals surface area contributed by atoms with Crippen LogP contribution >= 0.6 is 11.3 Å². The maximum atomic E-state index is 14.7. The van der Waals surface area contributed by atoms with E-state index in [1.54, 1.807) is 16.8 Å². The highest BCUT2D eigenvalue weighted by molar-refractivity contribution is 7.82. The maximum absolute atomic E-state index is 14.7. The molecule has 202 valence electrons. The van der Waals surface area contributed by atoms with Crippen molar-refractivity contribution in [3.05, 3.63) is 106 Å². The molecule has 2 aromatic heterocycles. The van der Waals surface area contributed by atoms with Gasteiger partial charge in [-0.1, -0.05) is 36.4 Å². The average Bonchev–Trinajstić information content (AvgIpc) is 3.51. The van der Waals surface area contributed by atoms with E-state index in [-0.39, 0.29) is 22.3 Å². The minimum Gasteiger partial charge on any atom is -0.476 e. The molecule has 3 aromatic carbocycles. The molecule has 1 unspecified atom stereocenters. The molecule has 1 atom stereocenters. The van der Waals surface area contributed by atoms with Gasteiger partial charge in [0.25, 0.3) is 0 Å². The van der Waals surface area contributed by atoms with Crippen LogP contribution in [0.25, 0.3) is 27.5 Å². The first-order chi connectivity index (χ1) is 19.3. The van der Waals surface area contributed by atoms with E-state index in [1.807, 2.05) is 30.3 Å². The summed E-state index contributed by atoms with van der Waals surface area (Å²) in [6, 6.07) is 18.3. The Kier molecular flexibility index (Phi) is 6.87. The quantitative estimate of drug-likeness (QED) is 0.232. The molecule has 0 spiro atoms. The number of carboxylic acid groups (broad SMARTS) is 1. The average molecular weight is 577 g/mol. The van der Waals surface area contributed by atoms with Crippen LogP contribution < -0.4 is 5.14 Å². The van der Waals surface area contributed by atoms with Crippen LogP contribution in [0.2, 0.25) is 0 Å². The Balaban J connectivity index is 1.52. The van der Waals surface area contributed by atoms with Crippen LogP contribution in [0.3, 0.4) is 0 Å². The van der Waals surface area contributed by atoms with Gasteiger partial charge in [0.15, 0.2) is 5.69 Å². The zero-order valence-electron chi connectivity index (χ0n) is 20.9. The first kappa shape index (κ1) is 26.2. The fraction of sp³-hybridized carbons (Fsp3) is 0.138. The minimum absolute atomic E-state index is 0.0686. The fourth-order valence-corrected chi connectivity index (χ4v) is 6.00. The van der Waals surface area contributed by atoms with E-state index in [1.165, 1.54) is 41.0 Å². The molecule has 7 nitrogen and oxygen atoms in total. The fourth-order valence-electron chi connectivity index (χ4n) is 4.79. The number of thiazole rings is 1. The van der Waals surface area contributed by atoms with Gasteiger partial charge in [-0.2, -0.15) is 5.10 Å². The summed E-state index contributed by atoms with van der Waals surface area (Å²) >= 11 is 1.18. The third-order valence-corrected chi connectivity index (χ3v) is 8.35. The third kappa shape index (κ3) is 5.10.